The second-order valence-corrected chi connectivity index (χ2v) is 7.26. The van der Waals surface area contributed by atoms with Crippen molar-refractivity contribution >= 4 is 46.6 Å². The van der Waals surface area contributed by atoms with Crippen molar-refractivity contribution in [2.75, 3.05) is 13.7 Å². The predicted octanol–water partition coefficient (Wildman–Crippen LogP) is 4.13. The fourth-order valence-electron chi connectivity index (χ4n) is 2.39. The minimum Gasteiger partial charge on any atom is -0.489 e. The van der Waals surface area contributed by atoms with Crippen molar-refractivity contribution in [1.29, 1.82) is 0 Å². The molecule has 0 bridgehead atoms. The second kappa shape index (κ2) is 8.95. The summed E-state index contributed by atoms with van der Waals surface area (Å²) in [6.07, 6.45) is 1.60. The van der Waals surface area contributed by atoms with Crippen molar-refractivity contribution in [1.82, 2.24) is 4.90 Å². The molecular weight excluding hydrogens is 402 g/mol. The zero-order chi connectivity index (χ0) is 20.1. The van der Waals surface area contributed by atoms with Crippen LogP contribution in [0.1, 0.15) is 11.1 Å². The highest BCUT2D eigenvalue weighted by molar-refractivity contribution is 8.18. The topological polar surface area (TPSA) is 72.9 Å². The number of methoxy groups -OCH3 is 1. The lowest BCUT2D eigenvalue weighted by Gasteiger charge is -2.09. The Hall–Kier alpha value is -2.77. The van der Waals surface area contributed by atoms with Gasteiger partial charge in [0.1, 0.15) is 18.9 Å². The number of nitrogens with zero attached hydrogens (tertiary/aromatic N) is 1. The SMILES string of the molecule is COC(=O)CN1C(=O)S/C(=C\c2ccc(OCc3ccc(Cl)cc3)cc2)C1=O. The van der Waals surface area contributed by atoms with Crippen molar-refractivity contribution in [2.45, 2.75) is 6.61 Å². The van der Waals surface area contributed by atoms with Crippen molar-refractivity contribution in [3.63, 3.8) is 0 Å². The van der Waals surface area contributed by atoms with E-state index < -0.39 is 23.7 Å². The molecule has 1 aliphatic rings. The number of hydrogen-bond donors (Lipinski definition) is 0. The third kappa shape index (κ3) is 4.94. The van der Waals surface area contributed by atoms with Gasteiger partial charge in [-0.05, 0) is 53.2 Å². The molecule has 8 heteroatoms. The number of ether oxygens (including phenoxy) is 2. The Kier molecular flexibility index (Phi) is 6.38. The summed E-state index contributed by atoms with van der Waals surface area (Å²) in [5, 5.41) is 0.175. The molecule has 0 atom stereocenters. The summed E-state index contributed by atoms with van der Waals surface area (Å²) in [5.41, 5.74) is 1.73. The van der Waals surface area contributed by atoms with Gasteiger partial charge < -0.3 is 9.47 Å². The first-order valence-corrected chi connectivity index (χ1v) is 9.45. The Balaban J connectivity index is 1.63. The molecule has 1 aliphatic heterocycles. The predicted molar refractivity (Wildman–Crippen MR) is 107 cm³/mol. The molecule has 1 fully saturated rings. The van der Waals surface area contributed by atoms with E-state index >= 15 is 0 Å². The van der Waals surface area contributed by atoms with Gasteiger partial charge in [-0.1, -0.05) is 35.9 Å². The van der Waals surface area contributed by atoms with Gasteiger partial charge in [0.25, 0.3) is 11.1 Å². The average Bonchev–Trinajstić information content (AvgIpc) is 2.96. The van der Waals surface area contributed by atoms with Gasteiger partial charge in [0, 0.05) is 5.02 Å². The van der Waals surface area contributed by atoms with Crippen molar-refractivity contribution in [2.24, 2.45) is 0 Å². The van der Waals surface area contributed by atoms with E-state index in [2.05, 4.69) is 4.74 Å². The maximum absolute atomic E-state index is 12.3. The molecule has 2 aromatic carbocycles. The fraction of sp³-hybridized carbons (Fsp3) is 0.150. The Morgan fingerprint density at radius 2 is 1.79 bits per heavy atom. The number of carbonyl (C=O) groups is 3. The first-order chi connectivity index (χ1) is 13.5. The molecule has 0 aliphatic carbocycles. The smallest absolute Gasteiger partial charge is 0.325 e. The van der Waals surface area contributed by atoms with E-state index in [1.807, 2.05) is 12.1 Å². The van der Waals surface area contributed by atoms with Gasteiger partial charge in [-0.3, -0.25) is 19.3 Å². The van der Waals surface area contributed by atoms with Crippen LogP contribution in [0.3, 0.4) is 0 Å². The Bertz CT molecular complexity index is 925. The Morgan fingerprint density at radius 1 is 1.11 bits per heavy atom. The molecule has 3 rings (SSSR count). The van der Waals surface area contributed by atoms with E-state index in [4.69, 9.17) is 16.3 Å². The van der Waals surface area contributed by atoms with Crippen LogP contribution in [0.25, 0.3) is 6.08 Å². The fourth-order valence-corrected chi connectivity index (χ4v) is 3.35. The lowest BCUT2D eigenvalue weighted by Crippen LogP contribution is -2.34. The summed E-state index contributed by atoms with van der Waals surface area (Å²) in [7, 11) is 1.20. The van der Waals surface area contributed by atoms with E-state index in [0.29, 0.717) is 17.4 Å². The number of halogens is 1. The van der Waals surface area contributed by atoms with Crippen LogP contribution in [0.2, 0.25) is 5.02 Å². The number of esters is 1. The first kappa shape index (κ1) is 20.0. The van der Waals surface area contributed by atoms with Gasteiger partial charge in [0.2, 0.25) is 0 Å². The van der Waals surface area contributed by atoms with Crippen LogP contribution in [0, 0.1) is 0 Å². The van der Waals surface area contributed by atoms with Crippen LogP contribution < -0.4 is 4.74 Å². The van der Waals surface area contributed by atoms with E-state index in [-0.39, 0.29) is 4.91 Å². The number of amides is 2. The summed E-state index contributed by atoms with van der Waals surface area (Å²) in [6, 6.07) is 14.5. The molecule has 2 amide bonds. The largest absolute Gasteiger partial charge is 0.489 e. The molecule has 0 aromatic heterocycles. The normalized spacial score (nSPS) is 15.2. The van der Waals surface area contributed by atoms with Crippen LogP contribution in [0.15, 0.2) is 53.4 Å². The van der Waals surface area contributed by atoms with E-state index in [0.717, 1.165) is 27.8 Å². The summed E-state index contributed by atoms with van der Waals surface area (Å²) >= 11 is 6.65. The van der Waals surface area contributed by atoms with Crippen LogP contribution in [-0.4, -0.2) is 35.7 Å². The van der Waals surface area contributed by atoms with Crippen LogP contribution in [-0.2, 0) is 20.9 Å². The lowest BCUT2D eigenvalue weighted by molar-refractivity contribution is -0.143. The standard InChI is InChI=1S/C20H16ClNO5S/c1-26-18(23)11-22-19(24)17(28-20(22)25)10-13-4-8-16(9-5-13)27-12-14-2-6-15(21)7-3-14/h2-10H,11-12H2,1H3/b17-10-. The van der Waals surface area contributed by atoms with Crippen molar-refractivity contribution < 1.29 is 23.9 Å². The summed E-state index contributed by atoms with van der Waals surface area (Å²) in [6.45, 7) is 0.0128. The maximum atomic E-state index is 12.3. The molecule has 2 aromatic rings. The number of carbonyl (C=O) groups excluding carboxylic acids is 3. The first-order valence-electron chi connectivity index (χ1n) is 8.26. The molecule has 144 valence electrons. The third-order valence-corrected chi connectivity index (χ3v) is 5.04. The highest BCUT2D eigenvalue weighted by Gasteiger charge is 2.36. The number of rotatable bonds is 6. The molecule has 1 heterocycles. The highest BCUT2D eigenvalue weighted by Crippen LogP contribution is 2.32. The number of benzene rings is 2. The van der Waals surface area contributed by atoms with Gasteiger partial charge in [-0.25, -0.2) is 0 Å². The number of imide groups is 1. The van der Waals surface area contributed by atoms with Crippen LogP contribution in [0.4, 0.5) is 4.79 Å². The molecule has 0 saturated carbocycles. The van der Waals surface area contributed by atoms with E-state index in [1.165, 1.54) is 7.11 Å². The Labute approximate surface area is 171 Å². The van der Waals surface area contributed by atoms with Gasteiger partial charge in [-0.15, -0.1) is 0 Å². The molecule has 1 saturated heterocycles. The number of hydrogen-bond acceptors (Lipinski definition) is 6. The minimum atomic E-state index is -0.647. The molecule has 0 spiro atoms. The highest BCUT2D eigenvalue weighted by atomic mass is 35.5. The maximum Gasteiger partial charge on any atom is 0.325 e. The second-order valence-electron chi connectivity index (χ2n) is 5.83. The van der Waals surface area contributed by atoms with E-state index in [9.17, 15) is 14.4 Å². The van der Waals surface area contributed by atoms with Gasteiger partial charge in [-0.2, -0.15) is 0 Å². The minimum absolute atomic E-state index is 0.253. The molecule has 0 radical (unpaired) electrons. The van der Waals surface area contributed by atoms with Gasteiger partial charge in [0.05, 0.1) is 12.0 Å². The zero-order valence-corrected chi connectivity index (χ0v) is 16.5. The summed E-state index contributed by atoms with van der Waals surface area (Å²) in [5.74, 6) is -0.486. The van der Waals surface area contributed by atoms with Gasteiger partial charge >= 0.3 is 5.97 Å². The molecule has 6 nitrogen and oxygen atoms in total. The zero-order valence-electron chi connectivity index (χ0n) is 14.9. The monoisotopic (exact) mass is 417 g/mol. The van der Waals surface area contributed by atoms with Crippen molar-refractivity contribution in [3.05, 3.63) is 69.6 Å². The van der Waals surface area contributed by atoms with Gasteiger partial charge in [0.15, 0.2) is 0 Å². The third-order valence-electron chi connectivity index (χ3n) is 3.89. The summed E-state index contributed by atoms with van der Waals surface area (Å²) in [4.78, 5) is 36.7. The van der Waals surface area contributed by atoms with E-state index in [1.54, 1.807) is 42.5 Å². The lowest BCUT2D eigenvalue weighted by atomic mass is 10.2. The number of thioether (sulfide) groups is 1. The quantitative estimate of drug-likeness (QED) is 0.519. The molecule has 28 heavy (non-hydrogen) atoms. The van der Waals surface area contributed by atoms with Crippen LogP contribution in [0.5, 0.6) is 5.75 Å². The molecule has 0 unspecified atom stereocenters. The molecular formula is C20H16ClNO5S. The average molecular weight is 418 g/mol. The molecule has 0 N–H and O–H groups in total. The van der Waals surface area contributed by atoms with Crippen LogP contribution >= 0.6 is 23.4 Å². The summed E-state index contributed by atoms with van der Waals surface area (Å²) < 4.78 is 10.2. The van der Waals surface area contributed by atoms with Crippen molar-refractivity contribution in [3.8, 4) is 5.75 Å². The Morgan fingerprint density at radius 3 is 2.43 bits per heavy atom.